The summed E-state index contributed by atoms with van der Waals surface area (Å²) < 4.78 is 32.7. The molecule has 2 nitrogen and oxygen atoms in total. The summed E-state index contributed by atoms with van der Waals surface area (Å²) in [7, 11) is 0. The second-order valence-corrected chi connectivity index (χ2v) is 4.70. The van der Waals surface area contributed by atoms with E-state index in [0.29, 0.717) is 18.7 Å². The molecular weight excluding hydrogens is 236 g/mol. The molecule has 1 aliphatic carbocycles. The van der Waals surface area contributed by atoms with Gasteiger partial charge in [-0.2, -0.15) is 0 Å². The Bertz CT molecular complexity index is 440. The van der Waals surface area contributed by atoms with Crippen molar-refractivity contribution in [1.82, 2.24) is 4.98 Å². The number of ether oxygens (including phenoxy) is 1. The summed E-state index contributed by atoms with van der Waals surface area (Å²) in [4.78, 5) is 4.04. The van der Waals surface area contributed by atoms with Crippen molar-refractivity contribution in [3.63, 3.8) is 0 Å². The van der Waals surface area contributed by atoms with Gasteiger partial charge < -0.3 is 4.74 Å². The molecule has 2 unspecified atom stereocenters. The Morgan fingerprint density at radius 3 is 2.94 bits per heavy atom. The zero-order valence-electron chi connectivity index (χ0n) is 8.42. The number of hydrogen-bond donors (Lipinski definition) is 0. The highest BCUT2D eigenvalue weighted by Crippen LogP contribution is 2.69. The molecule has 1 aromatic heterocycles. The van der Waals surface area contributed by atoms with E-state index in [-0.39, 0.29) is 11.8 Å². The first-order valence-electron chi connectivity index (χ1n) is 5.17. The van der Waals surface area contributed by atoms with Gasteiger partial charge in [0, 0.05) is 6.61 Å². The Morgan fingerprint density at radius 2 is 2.25 bits per heavy atom. The average molecular weight is 246 g/mol. The zero-order chi connectivity index (χ0) is 11.4. The summed E-state index contributed by atoms with van der Waals surface area (Å²) in [6, 6.07) is 4.89. The summed E-state index contributed by atoms with van der Waals surface area (Å²) in [5.74, 6) is -3.44. The molecule has 86 valence electrons. The predicted molar refractivity (Wildman–Crippen MR) is 54.8 cm³/mol. The van der Waals surface area contributed by atoms with E-state index in [0.717, 1.165) is 0 Å². The van der Waals surface area contributed by atoms with Crippen LogP contribution in [0, 0.1) is 5.92 Å². The summed E-state index contributed by atoms with van der Waals surface area (Å²) >= 11 is 5.75. The van der Waals surface area contributed by atoms with Crippen molar-refractivity contribution >= 4 is 11.6 Å². The van der Waals surface area contributed by atoms with Crippen LogP contribution < -0.4 is 0 Å². The molecule has 2 aliphatic rings. The quantitative estimate of drug-likeness (QED) is 0.710. The molecule has 3 rings (SSSR count). The molecule has 1 saturated carbocycles. The molecule has 0 radical (unpaired) electrons. The minimum Gasteiger partial charge on any atom is -0.381 e. The van der Waals surface area contributed by atoms with Gasteiger partial charge in [-0.05, 0) is 18.6 Å². The third-order valence-corrected chi connectivity index (χ3v) is 3.85. The van der Waals surface area contributed by atoms with E-state index in [1.54, 1.807) is 18.2 Å². The van der Waals surface area contributed by atoms with Gasteiger partial charge in [0.2, 0.25) is 0 Å². The minimum absolute atomic E-state index is 0.112. The molecule has 1 saturated heterocycles. The largest absolute Gasteiger partial charge is 0.381 e. The van der Waals surface area contributed by atoms with Crippen LogP contribution in [-0.2, 0) is 10.2 Å². The van der Waals surface area contributed by atoms with Crippen molar-refractivity contribution in [3.8, 4) is 0 Å². The molecule has 5 heteroatoms. The first kappa shape index (κ1) is 10.4. The maximum absolute atomic E-state index is 13.8. The van der Waals surface area contributed by atoms with Gasteiger partial charge in [-0.3, -0.25) is 0 Å². The highest BCUT2D eigenvalue weighted by atomic mass is 35.5. The van der Waals surface area contributed by atoms with Gasteiger partial charge in [-0.25, -0.2) is 13.8 Å². The number of nitrogens with zero attached hydrogens (tertiary/aromatic N) is 1. The van der Waals surface area contributed by atoms with Gasteiger partial charge in [0.05, 0.1) is 23.6 Å². The van der Waals surface area contributed by atoms with E-state index >= 15 is 0 Å². The third-order valence-electron chi connectivity index (χ3n) is 3.64. The van der Waals surface area contributed by atoms with Crippen molar-refractivity contribution < 1.29 is 13.5 Å². The Hall–Kier alpha value is -0.740. The van der Waals surface area contributed by atoms with Crippen LogP contribution in [-0.4, -0.2) is 24.1 Å². The number of hydrogen-bond acceptors (Lipinski definition) is 2. The number of aromatic nitrogens is 1. The lowest BCUT2D eigenvalue weighted by atomic mass is 9.93. The van der Waals surface area contributed by atoms with Gasteiger partial charge in [0.1, 0.15) is 5.15 Å². The van der Waals surface area contributed by atoms with E-state index < -0.39 is 17.3 Å². The van der Waals surface area contributed by atoms with E-state index in [1.165, 1.54) is 0 Å². The Kier molecular flexibility index (Phi) is 2.04. The lowest BCUT2D eigenvalue weighted by Gasteiger charge is -2.20. The lowest BCUT2D eigenvalue weighted by Crippen LogP contribution is -2.24. The standard InChI is InChI=1S/C11H10ClF2NO/c12-9-3-1-2-8(15-9)10-4-5-16-6-7(10)11(10,13)14/h1-3,7H,4-6H2. The third kappa shape index (κ3) is 1.12. The second-order valence-electron chi connectivity index (χ2n) is 4.32. The summed E-state index contributed by atoms with van der Waals surface area (Å²) in [6.07, 6.45) is 0.317. The maximum atomic E-state index is 13.8. The Labute approximate surface area is 96.6 Å². The fourth-order valence-corrected chi connectivity index (χ4v) is 2.85. The van der Waals surface area contributed by atoms with Gasteiger partial charge in [-0.1, -0.05) is 17.7 Å². The van der Waals surface area contributed by atoms with E-state index in [4.69, 9.17) is 16.3 Å². The number of rotatable bonds is 1. The maximum Gasteiger partial charge on any atom is 0.265 e. The van der Waals surface area contributed by atoms with Crippen molar-refractivity contribution in [2.45, 2.75) is 17.8 Å². The lowest BCUT2D eigenvalue weighted by molar-refractivity contribution is 0.0660. The van der Waals surface area contributed by atoms with E-state index in [1.807, 2.05) is 0 Å². The fourth-order valence-electron chi connectivity index (χ4n) is 2.69. The van der Waals surface area contributed by atoms with E-state index in [9.17, 15) is 8.78 Å². The minimum atomic E-state index is -2.71. The summed E-state index contributed by atoms with van der Waals surface area (Å²) in [5, 5.41) is 0.264. The summed E-state index contributed by atoms with van der Waals surface area (Å²) in [6.45, 7) is 0.474. The number of halogens is 3. The van der Waals surface area contributed by atoms with Crippen LogP contribution in [0.4, 0.5) is 8.78 Å². The van der Waals surface area contributed by atoms with Crippen LogP contribution in [0.2, 0.25) is 5.15 Å². The van der Waals surface area contributed by atoms with Gasteiger partial charge in [-0.15, -0.1) is 0 Å². The number of alkyl halides is 2. The predicted octanol–water partition coefficient (Wildman–Crippen LogP) is 2.66. The molecule has 0 bridgehead atoms. The highest BCUT2D eigenvalue weighted by Gasteiger charge is 2.82. The first-order chi connectivity index (χ1) is 7.59. The Morgan fingerprint density at radius 1 is 1.44 bits per heavy atom. The van der Waals surface area contributed by atoms with Crippen molar-refractivity contribution in [2.75, 3.05) is 13.2 Å². The average Bonchev–Trinajstić information content (AvgIpc) is 2.79. The number of pyridine rings is 1. The zero-order valence-corrected chi connectivity index (χ0v) is 9.18. The van der Waals surface area contributed by atoms with Gasteiger partial charge >= 0.3 is 0 Å². The van der Waals surface area contributed by atoms with Crippen LogP contribution >= 0.6 is 11.6 Å². The molecule has 0 aromatic carbocycles. The fraction of sp³-hybridized carbons (Fsp3) is 0.545. The number of fused-ring (bicyclic) bond motifs is 1. The molecule has 2 atom stereocenters. The Balaban J connectivity index is 2.06. The molecular formula is C11H10ClF2NO. The first-order valence-corrected chi connectivity index (χ1v) is 5.55. The normalized spacial score (nSPS) is 35.6. The molecule has 2 heterocycles. The topological polar surface area (TPSA) is 22.1 Å². The highest BCUT2D eigenvalue weighted by molar-refractivity contribution is 6.29. The van der Waals surface area contributed by atoms with Crippen molar-refractivity contribution in [2.24, 2.45) is 5.92 Å². The molecule has 0 spiro atoms. The molecule has 1 aromatic rings. The van der Waals surface area contributed by atoms with Gasteiger partial charge in [0.25, 0.3) is 5.92 Å². The van der Waals surface area contributed by atoms with Crippen LogP contribution in [0.5, 0.6) is 0 Å². The molecule has 2 fully saturated rings. The van der Waals surface area contributed by atoms with Crippen LogP contribution in [0.25, 0.3) is 0 Å². The van der Waals surface area contributed by atoms with Crippen molar-refractivity contribution in [1.29, 1.82) is 0 Å². The van der Waals surface area contributed by atoms with Crippen LogP contribution in [0.3, 0.4) is 0 Å². The van der Waals surface area contributed by atoms with Gasteiger partial charge in [0.15, 0.2) is 0 Å². The van der Waals surface area contributed by atoms with Crippen molar-refractivity contribution in [3.05, 3.63) is 29.0 Å². The molecule has 0 amide bonds. The summed E-state index contributed by atoms with van der Waals surface area (Å²) in [5.41, 5.74) is -0.728. The molecule has 0 N–H and O–H groups in total. The molecule has 16 heavy (non-hydrogen) atoms. The second kappa shape index (κ2) is 3.14. The monoisotopic (exact) mass is 245 g/mol. The van der Waals surface area contributed by atoms with Crippen LogP contribution in [0.15, 0.2) is 18.2 Å². The van der Waals surface area contributed by atoms with E-state index in [2.05, 4.69) is 4.98 Å². The SMILES string of the molecule is FC1(F)C2COCCC21c1cccc(Cl)n1. The molecule has 1 aliphatic heterocycles. The smallest absolute Gasteiger partial charge is 0.265 e. The van der Waals surface area contributed by atoms with Crippen LogP contribution in [0.1, 0.15) is 12.1 Å².